The van der Waals surface area contributed by atoms with E-state index in [-0.39, 0.29) is 11.5 Å². The number of nitrogens with one attached hydrogen (secondary N) is 2. The summed E-state index contributed by atoms with van der Waals surface area (Å²) in [5.74, 6) is 1.72. The average molecular weight is 404 g/mol. The number of aromatic nitrogens is 3. The van der Waals surface area contributed by atoms with Crippen molar-refractivity contribution in [1.29, 1.82) is 0 Å². The van der Waals surface area contributed by atoms with E-state index in [9.17, 15) is 4.79 Å². The van der Waals surface area contributed by atoms with Gasteiger partial charge in [-0.15, -0.1) is 0 Å². The molecule has 0 bridgehead atoms. The van der Waals surface area contributed by atoms with Crippen molar-refractivity contribution in [3.63, 3.8) is 0 Å². The fourth-order valence-electron chi connectivity index (χ4n) is 4.87. The molecule has 2 aliphatic rings. The minimum atomic E-state index is -0.0649. The number of nitrogens with zero attached hydrogens (tertiary/aromatic N) is 3. The molecule has 1 saturated heterocycles. The number of hydrogen-bond acceptors (Lipinski definition) is 5. The highest BCUT2D eigenvalue weighted by Crippen LogP contribution is 2.32. The van der Waals surface area contributed by atoms with E-state index < -0.39 is 0 Å². The monoisotopic (exact) mass is 403 g/mol. The summed E-state index contributed by atoms with van der Waals surface area (Å²) in [6, 6.07) is 10.3. The summed E-state index contributed by atoms with van der Waals surface area (Å²) in [5.41, 5.74) is 4.25. The Balaban J connectivity index is 1.35. The SMILES string of the molecule is CN1CCC(CNCc2nccc3c(=O)[nH]c(C4Cc5ccccc5C4)nc23)CC1. The minimum absolute atomic E-state index is 0.0649. The number of fused-ring (bicyclic) bond motifs is 2. The van der Waals surface area contributed by atoms with E-state index in [2.05, 4.69) is 51.5 Å². The van der Waals surface area contributed by atoms with E-state index in [1.807, 2.05) is 0 Å². The van der Waals surface area contributed by atoms with E-state index >= 15 is 0 Å². The first kappa shape index (κ1) is 19.4. The van der Waals surface area contributed by atoms with Crippen molar-refractivity contribution >= 4 is 10.9 Å². The molecule has 30 heavy (non-hydrogen) atoms. The fourth-order valence-corrected chi connectivity index (χ4v) is 4.87. The standard InChI is InChI=1S/C24H29N5O/c1-29-10-7-16(8-11-29)14-25-15-21-22-20(6-9-26-21)24(30)28-23(27-22)19-12-17-4-2-3-5-18(17)13-19/h2-6,9,16,19,25H,7-8,10-15H2,1H3,(H,27,28,30). The molecular formula is C24H29N5O. The smallest absolute Gasteiger partial charge is 0.258 e. The fraction of sp³-hybridized carbons (Fsp3) is 0.458. The van der Waals surface area contributed by atoms with Gasteiger partial charge < -0.3 is 15.2 Å². The highest BCUT2D eigenvalue weighted by Gasteiger charge is 2.25. The molecule has 1 fully saturated rings. The third-order valence-electron chi connectivity index (χ3n) is 6.72. The Morgan fingerprint density at radius 2 is 1.87 bits per heavy atom. The number of benzene rings is 1. The Labute approximate surface area is 176 Å². The van der Waals surface area contributed by atoms with Gasteiger partial charge in [0.05, 0.1) is 11.1 Å². The van der Waals surface area contributed by atoms with Crippen LogP contribution in [0.3, 0.4) is 0 Å². The maximum atomic E-state index is 12.8. The first-order valence-electron chi connectivity index (χ1n) is 11.0. The summed E-state index contributed by atoms with van der Waals surface area (Å²) >= 11 is 0. The number of piperidine rings is 1. The molecular weight excluding hydrogens is 374 g/mol. The maximum Gasteiger partial charge on any atom is 0.258 e. The first-order chi connectivity index (χ1) is 14.7. The summed E-state index contributed by atoms with van der Waals surface area (Å²) in [6.07, 6.45) is 6.04. The molecule has 156 valence electrons. The number of likely N-dealkylation sites (tertiary alicyclic amines) is 1. The highest BCUT2D eigenvalue weighted by molar-refractivity contribution is 5.79. The molecule has 2 N–H and O–H groups in total. The molecule has 1 aliphatic heterocycles. The van der Waals surface area contributed by atoms with Crippen molar-refractivity contribution in [1.82, 2.24) is 25.2 Å². The topological polar surface area (TPSA) is 73.9 Å². The molecule has 1 aromatic carbocycles. The van der Waals surface area contributed by atoms with E-state index in [0.29, 0.717) is 17.8 Å². The molecule has 0 unspecified atom stereocenters. The summed E-state index contributed by atoms with van der Waals surface area (Å²) in [5, 5.41) is 4.19. The molecule has 0 radical (unpaired) electrons. The Hall–Kier alpha value is -2.57. The maximum absolute atomic E-state index is 12.8. The van der Waals surface area contributed by atoms with Gasteiger partial charge in [0.2, 0.25) is 0 Å². The van der Waals surface area contributed by atoms with Crippen LogP contribution in [0.2, 0.25) is 0 Å². The second-order valence-corrected chi connectivity index (χ2v) is 8.86. The van der Waals surface area contributed by atoms with Crippen LogP contribution in [0, 0.1) is 5.92 Å². The third-order valence-corrected chi connectivity index (χ3v) is 6.72. The summed E-state index contributed by atoms with van der Waals surface area (Å²) in [6.45, 7) is 3.97. The van der Waals surface area contributed by atoms with Crippen molar-refractivity contribution in [3.8, 4) is 0 Å². The van der Waals surface area contributed by atoms with Crippen molar-refractivity contribution in [2.75, 3.05) is 26.7 Å². The Kier molecular flexibility index (Phi) is 5.35. The Morgan fingerprint density at radius 3 is 2.60 bits per heavy atom. The molecule has 0 atom stereocenters. The van der Waals surface area contributed by atoms with Crippen LogP contribution in [-0.2, 0) is 19.4 Å². The second-order valence-electron chi connectivity index (χ2n) is 8.86. The van der Waals surface area contributed by atoms with Crippen LogP contribution < -0.4 is 10.9 Å². The van der Waals surface area contributed by atoms with E-state index in [0.717, 1.165) is 36.4 Å². The van der Waals surface area contributed by atoms with Crippen molar-refractivity contribution in [2.24, 2.45) is 5.92 Å². The molecule has 0 spiro atoms. The summed E-state index contributed by atoms with van der Waals surface area (Å²) < 4.78 is 0. The van der Waals surface area contributed by atoms with Crippen LogP contribution in [0.15, 0.2) is 41.3 Å². The lowest BCUT2D eigenvalue weighted by atomic mass is 9.97. The molecule has 6 heteroatoms. The zero-order valence-electron chi connectivity index (χ0n) is 17.5. The molecule has 1 aliphatic carbocycles. The second kappa shape index (κ2) is 8.28. The lowest BCUT2D eigenvalue weighted by Gasteiger charge is -2.29. The lowest BCUT2D eigenvalue weighted by molar-refractivity contribution is 0.216. The third kappa shape index (κ3) is 3.89. The largest absolute Gasteiger partial charge is 0.311 e. The van der Waals surface area contributed by atoms with Crippen LogP contribution in [0.25, 0.3) is 10.9 Å². The Morgan fingerprint density at radius 1 is 1.13 bits per heavy atom. The molecule has 3 heterocycles. The van der Waals surface area contributed by atoms with Crippen molar-refractivity contribution < 1.29 is 0 Å². The van der Waals surface area contributed by atoms with Gasteiger partial charge >= 0.3 is 0 Å². The predicted octanol–water partition coefficient (Wildman–Crippen LogP) is 2.63. The quantitative estimate of drug-likeness (QED) is 0.685. The molecule has 0 amide bonds. The highest BCUT2D eigenvalue weighted by atomic mass is 16.1. The number of pyridine rings is 1. The van der Waals surface area contributed by atoms with Crippen LogP contribution in [-0.4, -0.2) is 46.5 Å². The zero-order chi connectivity index (χ0) is 20.5. The molecule has 0 saturated carbocycles. The Bertz CT molecular complexity index is 1080. The summed E-state index contributed by atoms with van der Waals surface area (Å²) in [7, 11) is 2.19. The van der Waals surface area contributed by atoms with Crippen molar-refractivity contribution in [3.05, 3.63) is 69.5 Å². The molecule has 5 rings (SSSR count). The van der Waals surface area contributed by atoms with Crippen LogP contribution in [0.1, 0.15) is 41.4 Å². The average Bonchev–Trinajstić information content (AvgIpc) is 3.20. The normalized spacial score (nSPS) is 18.2. The molecule has 2 aromatic heterocycles. The van der Waals surface area contributed by atoms with Gasteiger partial charge in [-0.2, -0.15) is 0 Å². The van der Waals surface area contributed by atoms with Crippen LogP contribution >= 0.6 is 0 Å². The van der Waals surface area contributed by atoms with E-state index in [1.165, 1.54) is 37.1 Å². The van der Waals surface area contributed by atoms with Crippen molar-refractivity contribution in [2.45, 2.75) is 38.1 Å². The molecule has 6 nitrogen and oxygen atoms in total. The zero-order valence-corrected chi connectivity index (χ0v) is 17.5. The van der Waals surface area contributed by atoms with E-state index in [4.69, 9.17) is 4.98 Å². The van der Waals surface area contributed by atoms with Gasteiger partial charge in [-0.25, -0.2) is 4.98 Å². The van der Waals surface area contributed by atoms with Crippen LogP contribution in [0.4, 0.5) is 0 Å². The number of rotatable bonds is 5. The number of H-pyrrole nitrogens is 1. The van der Waals surface area contributed by atoms with Gasteiger partial charge in [0.25, 0.3) is 5.56 Å². The first-order valence-corrected chi connectivity index (χ1v) is 11.0. The number of hydrogen-bond donors (Lipinski definition) is 2. The van der Waals surface area contributed by atoms with Gasteiger partial charge in [-0.05, 0) is 75.5 Å². The number of aromatic amines is 1. The van der Waals surface area contributed by atoms with Gasteiger partial charge in [0, 0.05) is 18.7 Å². The summed E-state index contributed by atoms with van der Waals surface area (Å²) in [4.78, 5) is 27.7. The van der Waals surface area contributed by atoms with Gasteiger partial charge in [0.15, 0.2) is 0 Å². The molecule has 3 aromatic rings. The minimum Gasteiger partial charge on any atom is -0.311 e. The van der Waals surface area contributed by atoms with Gasteiger partial charge in [-0.1, -0.05) is 24.3 Å². The van der Waals surface area contributed by atoms with Gasteiger partial charge in [0.1, 0.15) is 11.3 Å². The lowest BCUT2D eigenvalue weighted by Crippen LogP contribution is -2.35. The van der Waals surface area contributed by atoms with E-state index in [1.54, 1.807) is 12.3 Å². The predicted molar refractivity (Wildman–Crippen MR) is 119 cm³/mol. The van der Waals surface area contributed by atoms with Crippen LogP contribution in [0.5, 0.6) is 0 Å². The van der Waals surface area contributed by atoms with Gasteiger partial charge in [-0.3, -0.25) is 9.78 Å².